The van der Waals surface area contributed by atoms with E-state index in [2.05, 4.69) is 29.0 Å². The molecule has 0 bridgehead atoms. The van der Waals surface area contributed by atoms with Gasteiger partial charge in [-0.15, -0.1) is 12.4 Å². The number of nitrogens with two attached hydrogens (primary N) is 2. The van der Waals surface area contributed by atoms with Gasteiger partial charge in [-0.1, -0.05) is 26.0 Å². The van der Waals surface area contributed by atoms with Crippen LogP contribution in [0, 0.1) is 5.92 Å². The second kappa shape index (κ2) is 13.8. The van der Waals surface area contributed by atoms with Crippen molar-refractivity contribution in [3.8, 4) is 5.69 Å². The lowest BCUT2D eigenvalue weighted by Gasteiger charge is -2.38. The van der Waals surface area contributed by atoms with E-state index >= 15 is 0 Å². The molecular formula is C29H45ClN8O3. The number of carbonyl (C=O) groups is 2. The fourth-order valence-corrected chi connectivity index (χ4v) is 5.60. The highest BCUT2D eigenvalue weighted by Crippen LogP contribution is 2.28. The first-order valence-electron chi connectivity index (χ1n) is 14.3. The topological polar surface area (TPSA) is 143 Å². The summed E-state index contributed by atoms with van der Waals surface area (Å²) >= 11 is 0. The summed E-state index contributed by atoms with van der Waals surface area (Å²) < 4.78 is 1.46. The van der Waals surface area contributed by atoms with Gasteiger partial charge < -0.3 is 21.3 Å². The molecule has 2 heterocycles. The number of nitrogens with zero attached hydrogens (tertiary/aromatic N) is 5. The highest BCUT2D eigenvalue weighted by atomic mass is 35.5. The van der Waals surface area contributed by atoms with E-state index in [-0.39, 0.29) is 30.2 Å². The normalized spacial score (nSPS) is 21.4. The molecule has 1 saturated carbocycles. The first kappa shape index (κ1) is 32.5. The van der Waals surface area contributed by atoms with Gasteiger partial charge in [0.2, 0.25) is 5.91 Å². The summed E-state index contributed by atoms with van der Waals surface area (Å²) in [5.41, 5.74) is 12.6. The highest BCUT2D eigenvalue weighted by molar-refractivity contribution is 5.89. The van der Waals surface area contributed by atoms with Gasteiger partial charge in [-0.25, -0.2) is 9.59 Å². The standard InChI is InChI=1S/C29H44N8O3.ClH/c1-5-34(23-10-11-24(30)20(2)18-23)19-21-6-8-22(9-7-21)37-13-12-25(33-28(37)40)32-27(39)36-16-14-35(15-17-36)26(38)29(3,4)31;/h6-9,12-13,20,23-24H,5,10-11,14-19,30-31H2,1-4H3,(H,32,33,39,40);1H. The lowest BCUT2D eigenvalue weighted by Crippen LogP contribution is -2.58. The molecule has 4 rings (SSSR count). The Kier molecular flexibility index (Phi) is 10.9. The summed E-state index contributed by atoms with van der Waals surface area (Å²) in [7, 11) is 0. The lowest BCUT2D eigenvalue weighted by molar-refractivity contribution is -0.137. The van der Waals surface area contributed by atoms with Gasteiger partial charge in [-0.2, -0.15) is 4.98 Å². The van der Waals surface area contributed by atoms with E-state index in [9.17, 15) is 14.4 Å². The van der Waals surface area contributed by atoms with Crippen molar-refractivity contribution in [2.24, 2.45) is 17.4 Å². The Morgan fingerprint density at radius 3 is 2.27 bits per heavy atom. The zero-order valence-electron chi connectivity index (χ0n) is 24.6. The molecule has 3 atom stereocenters. The van der Waals surface area contributed by atoms with Crippen molar-refractivity contribution in [1.82, 2.24) is 24.3 Å². The molecule has 5 N–H and O–H groups in total. The van der Waals surface area contributed by atoms with Crippen LogP contribution in [0.1, 0.15) is 52.5 Å². The second-order valence-electron chi connectivity index (χ2n) is 11.7. The van der Waals surface area contributed by atoms with E-state index in [1.165, 1.54) is 10.1 Å². The van der Waals surface area contributed by atoms with Gasteiger partial charge in [0.1, 0.15) is 5.82 Å². The van der Waals surface area contributed by atoms with E-state index in [0.29, 0.717) is 49.9 Å². The summed E-state index contributed by atoms with van der Waals surface area (Å²) in [5, 5.41) is 2.70. The number of urea groups is 1. The van der Waals surface area contributed by atoms with Crippen molar-refractivity contribution in [1.29, 1.82) is 0 Å². The second-order valence-corrected chi connectivity index (χ2v) is 11.7. The molecule has 2 aromatic rings. The predicted molar refractivity (Wildman–Crippen MR) is 163 cm³/mol. The third-order valence-electron chi connectivity index (χ3n) is 8.17. The molecular weight excluding hydrogens is 544 g/mol. The molecule has 1 saturated heterocycles. The largest absolute Gasteiger partial charge is 0.354 e. The average molecular weight is 589 g/mol. The number of carbonyl (C=O) groups excluding carboxylic acids is 2. The van der Waals surface area contributed by atoms with Gasteiger partial charge in [-0.05, 0) is 69.3 Å². The van der Waals surface area contributed by atoms with Crippen molar-refractivity contribution in [2.45, 2.75) is 71.1 Å². The maximum atomic E-state index is 12.8. The average Bonchev–Trinajstić information content (AvgIpc) is 2.93. The van der Waals surface area contributed by atoms with Crippen LogP contribution in [0.3, 0.4) is 0 Å². The Bertz CT molecular complexity index is 1240. The zero-order valence-corrected chi connectivity index (χ0v) is 25.4. The first-order valence-corrected chi connectivity index (χ1v) is 14.3. The van der Waals surface area contributed by atoms with E-state index < -0.39 is 11.2 Å². The van der Waals surface area contributed by atoms with Crippen LogP contribution in [0.5, 0.6) is 0 Å². The van der Waals surface area contributed by atoms with Gasteiger partial charge in [0.15, 0.2) is 0 Å². The molecule has 12 heteroatoms. The van der Waals surface area contributed by atoms with E-state index in [4.69, 9.17) is 11.5 Å². The minimum atomic E-state index is -0.947. The number of nitrogens with one attached hydrogen (secondary N) is 1. The van der Waals surface area contributed by atoms with Crippen molar-refractivity contribution in [3.63, 3.8) is 0 Å². The summed E-state index contributed by atoms with van der Waals surface area (Å²) in [6.07, 6.45) is 4.94. The van der Waals surface area contributed by atoms with E-state index in [1.54, 1.807) is 35.9 Å². The number of aromatic nitrogens is 2. The maximum absolute atomic E-state index is 12.8. The lowest BCUT2D eigenvalue weighted by atomic mass is 9.82. The number of benzene rings is 1. The Morgan fingerprint density at radius 2 is 1.71 bits per heavy atom. The SMILES string of the molecule is CCN(Cc1ccc(-n2ccc(NC(=O)N3CCN(C(=O)C(C)(C)N)CC3)nc2=O)cc1)C1CCC(N)C(C)C1.Cl. The smallest absolute Gasteiger partial charge is 0.338 e. The van der Waals surface area contributed by atoms with Gasteiger partial charge in [0.05, 0.1) is 11.2 Å². The Hall–Kier alpha value is -2.99. The first-order chi connectivity index (χ1) is 19.0. The molecule has 0 spiro atoms. The molecule has 2 aliphatic rings. The summed E-state index contributed by atoms with van der Waals surface area (Å²) in [6, 6.07) is 10.0. The number of hydrogen-bond donors (Lipinski definition) is 3. The number of halogens is 1. The van der Waals surface area contributed by atoms with Gasteiger partial charge in [0.25, 0.3) is 0 Å². The van der Waals surface area contributed by atoms with Gasteiger partial charge in [-0.3, -0.25) is 19.6 Å². The van der Waals surface area contributed by atoms with Crippen LogP contribution in [-0.4, -0.2) is 86.5 Å². The van der Waals surface area contributed by atoms with Crippen molar-refractivity contribution in [2.75, 3.05) is 38.0 Å². The number of anilines is 1. The van der Waals surface area contributed by atoms with Crippen LogP contribution in [0.2, 0.25) is 0 Å². The van der Waals surface area contributed by atoms with Crippen LogP contribution in [0.25, 0.3) is 5.69 Å². The molecule has 3 unspecified atom stereocenters. The minimum Gasteiger partial charge on any atom is -0.338 e. The molecule has 11 nitrogen and oxygen atoms in total. The monoisotopic (exact) mass is 588 g/mol. The quantitative estimate of drug-likeness (QED) is 0.451. The summed E-state index contributed by atoms with van der Waals surface area (Å²) in [6.45, 7) is 11.2. The molecule has 1 aliphatic heterocycles. The molecule has 1 aliphatic carbocycles. The molecule has 0 radical (unpaired) electrons. The van der Waals surface area contributed by atoms with Crippen molar-refractivity contribution >= 4 is 30.2 Å². The number of amides is 3. The molecule has 1 aromatic heterocycles. The fourth-order valence-electron chi connectivity index (χ4n) is 5.60. The zero-order chi connectivity index (χ0) is 29.0. The fraction of sp³-hybridized carbons (Fsp3) is 0.586. The third-order valence-corrected chi connectivity index (χ3v) is 8.17. The maximum Gasteiger partial charge on any atom is 0.354 e. The van der Waals surface area contributed by atoms with E-state index in [1.807, 2.05) is 24.3 Å². The molecule has 2 fully saturated rings. The molecule has 1 aromatic carbocycles. The van der Waals surface area contributed by atoms with Crippen LogP contribution >= 0.6 is 12.4 Å². The van der Waals surface area contributed by atoms with Crippen LogP contribution < -0.4 is 22.5 Å². The predicted octanol–water partition coefficient (Wildman–Crippen LogP) is 2.41. The molecule has 41 heavy (non-hydrogen) atoms. The summed E-state index contributed by atoms with van der Waals surface area (Å²) in [4.78, 5) is 47.7. The third kappa shape index (κ3) is 8.06. The van der Waals surface area contributed by atoms with E-state index in [0.717, 1.165) is 32.4 Å². The number of rotatable bonds is 7. The van der Waals surface area contributed by atoms with Crippen molar-refractivity contribution in [3.05, 3.63) is 52.6 Å². The van der Waals surface area contributed by atoms with Crippen LogP contribution in [0.4, 0.5) is 10.6 Å². The number of hydrogen-bond acceptors (Lipinski definition) is 7. The Balaban J connectivity index is 0.00000462. The van der Waals surface area contributed by atoms with Gasteiger partial charge in [0, 0.05) is 51.0 Å². The van der Waals surface area contributed by atoms with Crippen LogP contribution in [-0.2, 0) is 11.3 Å². The van der Waals surface area contributed by atoms with Crippen LogP contribution in [0.15, 0.2) is 41.3 Å². The minimum absolute atomic E-state index is 0. The number of piperazine rings is 1. The highest BCUT2D eigenvalue weighted by Gasteiger charge is 2.31. The molecule has 3 amide bonds. The Labute approximate surface area is 248 Å². The summed E-state index contributed by atoms with van der Waals surface area (Å²) in [5.74, 6) is 0.578. The Morgan fingerprint density at radius 1 is 1.07 bits per heavy atom. The molecule has 226 valence electrons. The van der Waals surface area contributed by atoms with Gasteiger partial charge >= 0.3 is 11.7 Å². The van der Waals surface area contributed by atoms with Crippen molar-refractivity contribution < 1.29 is 9.59 Å².